The summed E-state index contributed by atoms with van der Waals surface area (Å²) in [6.07, 6.45) is -0.254. The highest BCUT2D eigenvalue weighted by Crippen LogP contribution is 2.27. The van der Waals surface area contributed by atoms with Gasteiger partial charge < -0.3 is 15.0 Å². The van der Waals surface area contributed by atoms with Crippen molar-refractivity contribution in [2.45, 2.75) is 53.8 Å². The maximum atomic E-state index is 13.3. The minimum Gasteiger partial charge on any atom is -0.459 e. The number of aryl methyl sites for hydroxylation is 3. The predicted octanol–water partition coefficient (Wildman–Crippen LogP) is 3.11. The van der Waals surface area contributed by atoms with Crippen molar-refractivity contribution in [1.29, 1.82) is 0 Å². The van der Waals surface area contributed by atoms with Crippen LogP contribution in [0.25, 0.3) is 10.2 Å². The van der Waals surface area contributed by atoms with Crippen LogP contribution < -0.4 is 10.9 Å². The van der Waals surface area contributed by atoms with E-state index in [1.54, 1.807) is 20.8 Å². The molecule has 1 N–H and O–H groups in total. The Balaban J connectivity index is 1.90. The minimum atomic E-state index is -0.474. The summed E-state index contributed by atoms with van der Waals surface area (Å²) in [7, 11) is 3.75. The number of anilines is 1. The molecule has 11 heteroatoms. The summed E-state index contributed by atoms with van der Waals surface area (Å²) < 4.78 is 6.62. The fraction of sp³-hybridized carbons (Fsp3) is 0.476. The molecule has 0 aromatic carbocycles. The summed E-state index contributed by atoms with van der Waals surface area (Å²) >= 11 is 2.53. The van der Waals surface area contributed by atoms with Crippen LogP contribution in [0.2, 0.25) is 0 Å². The van der Waals surface area contributed by atoms with Gasteiger partial charge in [-0.2, -0.15) is 0 Å². The van der Waals surface area contributed by atoms with Gasteiger partial charge in [-0.25, -0.2) is 14.8 Å². The largest absolute Gasteiger partial charge is 0.459 e. The van der Waals surface area contributed by atoms with Crippen molar-refractivity contribution < 1.29 is 14.3 Å². The van der Waals surface area contributed by atoms with E-state index in [-0.39, 0.29) is 23.3 Å². The number of fused-ring (bicyclic) bond motifs is 1. The highest BCUT2D eigenvalue weighted by molar-refractivity contribution is 7.18. The number of nitrogens with one attached hydrogen (secondary N) is 1. The number of esters is 1. The van der Waals surface area contributed by atoms with Crippen molar-refractivity contribution in [3.8, 4) is 0 Å². The van der Waals surface area contributed by atoms with Crippen molar-refractivity contribution in [2.75, 3.05) is 19.4 Å². The fourth-order valence-corrected chi connectivity index (χ4v) is 5.05. The number of hydrogen-bond donors (Lipinski definition) is 1. The number of thiazole rings is 1. The molecule has 32 heavy (non-hydrogen) atoms. The first kappa shape index (κ1) is 24.0. The van der Waals surface area contributed by atoms with Crippen LogP contribution in [0.4, 0.5) is 5.13 Å². The fourth-order valence-electron chi connectivity index (χ4n) is 3.15. The molecule has 3 heterocycles. The number of thiophene rings is 1. The number of hydrogen-bond acceptors (Lipinski definition) is 9. The molecule has 0 spiro atoms. The summed E-state index contributed by atoms with van der Waals surface area (Å²) in [6, 6.07) is 0. The Kier molecular flexibility index (Phi) is 7.11. The topological polar surface area (TPSA) is 106 Å². The molecule has 0 atom stereocenters. The third-order valence-corrected chi connectivity index (χ3v) is 6.85. The molecule has 0 saturated carbocycles. The molecule has 3 rings (SSSR count). The number of ether oxygens (including phenoxy) is 1. The average Bonchev–Trinajstić information content (AvgIpc) is 3.16. The molecule has 0 fully saturated rings. The maximum Gasteiger partial charge on any atom is 0.350 e. The number of amides is 1. The zero-order valence-electron chi connectivity index (χ0n) is 19.2. The van der Waals surface area contributed by atoms with Gasteiger partial charge in [-0.15, -0.1) is 11.3 Å². The Labute approximate surface area is 194 Å². The van der Waals surface area contributed by atoms with Crippen molar-refractivity contribution in [3.63, 3.8) is 0 Å². The lowest BCUT2D eigenvalue weighted by atomic mass is 10.2. The molecule has 1 amide bonds. The number of rotatable bonds is 7. The van der Waals surface area contributed by atoms with Gasteiger partial charge in [0.25, 0.3) is 5.56 Å². The Morgan fingerprint density at radius 2 is 1.84 bits per heavy atom. The van der Waals surface area contributed by atoms with Crippen LogP contribution in [0, 0.1) is 20.8 Å². The number of aromatic nitrogens is 3. The minimum absolute atomic E-state index is 0.205. The summed E-state index contributed by atoms with van der Waals surface area (Å²) in [4.78, 5) is 51.1. The Morgan fingerprint density at radius 1 is 1.16 bits per heavy atom. The first-order chi connectivity index (χ1) is 15.0. The second-order valence-electron chi connectivity index (χ2n) is 8.06. The van der Waals surface area contributed by atoms with Gasteiger partial charge in [0.2, 0.25) is 5.91 Å². The number of nitrogens with zero attached hydrogens (tertiary/aromatic N) is 4. The van der Waals surface area contributed by atoms with E-state index in [1.165, 1.54) is 15.9 Å². The van der Waals surface area contributed by atoms with Crippen LogP contribution in [0.3, 0.4) is 0 Å². The van der Waals surface area contributed by atoms with E-state index in [9.17, 15) is 14.4 Å². The molecule has 3 aromatic rings. The van der Waals surface area contributed by atoms with E-state index in [0.29, 0.717) is 33.2 Å². The van der Waals surface area contributed by atoms with Gasteiger partial charge in [0.1, 0.15) is 22.1 Å². The van der Waals surface area contributed by atoms with Gasteiger partial charge >= 0.3 is 5.97 Å². The van der Waals surface area contributed by atoms with Gasteiger partial charge in [0.15, 0.2) is 5.13 Å². The Morgan fingerprint density at radius 3 is 2.47 bits per heavy atom. The van der Waals surface area contributed by atoms with Crippen LogP contribution in [-0.4, -0.2) is 51.5 Å². The zero-order valence-corrected chi connectivity index (χ0v) is 20.9. The normalized spacial score (nSPS) is 11.5. The Bertz CT molecular complexity index is 1240. The molecule has 0 unspecified atom stereocenters. The molecule has 0 bridgehead atoms. The second kappa shape index (κ2) is 9.47. The molecule has 0 aliphatic carbocycles. The molecule has 9 nitrogen and oxygen atoms in total. The van der Waals surface area contributed by atoms with Crippen molar-refractivity contribution in [2.24, 2.45) is 0 Å². The van der Waals surface area contributed by atoms with Crippen LogP contribution in [0.1, 0.15) is 45.5 Å². The van der Waals surface area contributed by atoms with E-state index in [0.717, 1.165) is 21.8 Å². The zero-order chi connectivity index (χ0) is 23.7. The summed E-state index contributed by atoms with van der Waals surface area (Å²) in [6.45, 7) is 9.27. The van der Waals surface area contributed by atoms with Crippen LogP contribution >= 0.6 is 22.7 Å². The lowest BCUT2D eigenvalue weighted by Crippen LogP contribution is -2.32. The van der Waals surface area contributed by atoms with E-state index >= 15 is 0 Å². The van der Waals surface area contributed by atoms with E-state index in [4.69, 9.17) is 4.74 Å². The van der Waals surface area contributed by atoms with Gasteiger partial charge in [-0.1, -0.05) is 11.3 Å². The lowest BCUT2D eigenvalue weighted by Gasteiger charge is -2.15. The molecular formula is C21H27N5O4S2. The molecule has 3 aromatic heterocycles. The third kappa shape index (κ3) is 5.05. The monoisotopic (exact) mass is 477 g/mol. The standard InChI is InChI=1S/C21H27N5O4S2/c1-10(2)30-20(29)17-12(4)22-21(32-17)24-15(27)9-26-14(8-25(6)7)23-18-16(19(26)28)11(3)13(5)31-18/h10H,8-9H2,1-7H3,(H,22,24,27). The molecule has 0 aliphatic heterocycles. The molecular weight excluding hydrogens is 450 g/mol. The quantitative estimate of drug-likeness (QED) is 0.521. The van der Waals surface area contributed by atoms with Gasteiger partial charge in [-0.3, -0.25) is 14.2 Å². The average molecular weight is 478 g/mol. The highest BCUT2D eigenvalue weighted by Gasteiger charge is 2.21. The smallest absolute Gasteiger partial charge is 0.350 e. The Hall–Kier alpha value is -2.63. The van der Waals surface area contributed by atoms with E-state index in [2.05, 4.69) is 15.3 Å². The first-order valence-electron chi connectivity index (χ1n) is 10.1. The number of carbonyl (C=O) groups excluding carboxylic acids is 2. The molecule has 172 valence electrons. The van der Waals surface area contributed by atoms with E-state index < -0.39 is 11.9 Å². The lowest BCUT2D eigenvalue weighted by molar-refractivity contribution is -0.116. The van der Waals surface area contributed by atoms with Crippen molar-refractivity contribution in [1.82, 2.24) is 19.4 Å². The van der Waals surface area contributed by atoms with Gasteiger partial charge in [-0.05, 0) is 54.3 Å². The third-order valence-electron chi connectivity index (χ3n) is 4.70. The maximum absolute atomic E-state index is 13.3. The number of carbonyl (C=O) groups is 2. The summed E-state index contributed by atoms with van der Waals surface area (Å²) in [5, 5.41) is 3.53. The van der Waals surface area contributed by atoms with Crippen LogP contribution in [0.5, 0.6) is 0 Å². The van der Waals surface area contributed by atoms with Crippen molar-refractivity contribution in [3.05, 3.63) is 37.2 Å². The van der Waals surface area contributed by atoms with Crippen molar-refractivity contribution >= 4 is 49.9 Å². The summed E-state index contributed by atoms with van der Waals surface area (Å²) in [5.74, 6) is -0.381. The molecule has 0 saturated heterocycles. The SMILES string of the molecule is Cc1nc(NC(=O)Cn2c(CN(C)C)nc3sc(C)c(C)c3c2=O)sc1C(=O)OC(C)C. The van der Waals surface area contributed by atoms with E-state index in [1.807, 2.05) is 32.8 Å². The molecule has 0 radical (unpaired) electrons. The first-order valence-corrected chi connectivity index (χ1v) is 11.7. The summed E-state index contributed by atoms with van der Waals surface area (Å²) in [5.41, 5.74) is 1.13. The van der Waals surface area contributed by atoms with Gasteiger partial charge in [0, 0.05) is 4.88 Å². The predicted molar refractivity (Wildman–Crippen MR) is 127 cm³/mol. The van der Waals surface area contributed by atoms with Gasteiger partial charge in [0.05, 0.1) is 23.7 Å². The van der Waals surface area contributed by atoms with Crippen LogP contribution in [0.15, 0.2) is 4.79 Å². The highest BCUT2D eigenvalue weighted by atomic mass is 32.1. The second-order valence-corrected chi connectivity index (χ2v) is 10.3. The molecule has 0 aliphatic rings. The van der Waals surface area contributed by atoms with Crippen LogP contribution in [-0.2, 0) is 22.6 Å².